The van der Waals surface area contributed by atoms with E-state index in [1.807, 2.05) is 71.3 Å². The first-order valence-electron chi connectivity index (χ1n) is 9.77. The maximum absolute atomic E-state index is 12.2. The monoisotopic (exact) mass is 384 g/mol. The number of nitrogens with one attached hydrogen (secondary N) is 1. The van der Waals surface area contributed by atoms with Crippen molar-refractivity contribution < 1.29 is 9.90 Å². The Morgan fingerprint density at radius 3 is 2.34 bits per heavy atom. The predicted molar refractivity (Wildman–Crippen MR) is 116 cm³/mol. The zero-order valence-electron chi connectivity index (χ0n) is 16.4. The average molecular weight is 384 g/mol. The molecule has 4 rings (SSSR count). The van der Waals surface area contributed by atoms with Crippen molar-refractivity contribution in [1.82, 2.24) is 9.88 Å². The summed E-state index contributed by atoms with van der Waals surface area (Å²) in [6.45, 7) is 3.81. The van der Waals surface area contributed by atoms with Crippen molar-refractivity contribution in [3.8, 4) is 0 Å². The molecule has 146 valence electrons. The van der Waals surface area contributed by atoms with Gasteiger partial charge < -0.3 is 15.0 Å². The highest BCUT2D eigenvalue weighted by atomic mass is 16.4. The Kier molecular flexibility index (Phi) is 5.45. The van der Waals surface area contributed by atoms with Crippen LogP contribution < -0.4 is 5.32 Å². The largest absolute Gasteiger partial charge is 0.477 e. The van der Waals surface area contributed by atoms with E-state index in [0.717, 1.165) is 22.0 Å². The number of aromatic nitrogens is 1. The molecule has 0 fully saturated rings. The van der Waals surface area contributed by atoms with Crippen LogP contribution in [0.1, 0.15) is 32.7 Å². The molecular formula is C25H24N2O2. The van der Waals surface area contributed by atoms with Crippen LogP contribution in [0.2, 0.25) is 0 Å². The predicted octanol–water partition coefficient (Wildman–Crippen LogP) is 4.99. The molecule has 0 saturated heterocycles. The van der Waals surface area contributed by atoms with E-state index in [1.54, 1.807) is 0 Å². The second-order valence-corrected chi connectivity index (χ2v) is 7.25. The molecule has 3 aromatic carbocycles. The molecule has 1 heterocycles. The van der Waals surface area contributed by atoms with Gasteiger partial charge in [0.15, 0.2) is 0 Å². The van der Waals surface area contributed by atoms with Crippen LogP contribution in [0.4, 0.5) is 0 Å². The number of nitrogens with zero attached hydrogens (tertiary/aromatic N) is 1. The number of benzene rings is 3. The second kappa shape index (κ2) is 8.33. The van der Waals surface area contributed by atoms with E-state index in [0.29, 0.717) is 25.3 Å². The number of aromatic carboxylic acids is 1. The Morgan fingerprint density at radius 2 is 1.59 bits per heavy atom. The summed E-state index contributed by atoms with van der Waals surface area (Å²) in [7, 11) is 0. The standard InChI is InChI=1S/C25H24N2O2/c1-18-9-5-6-12-20(18)15-26-16-22-21-13-7-8-14-23(21)27(24(22)25(28)29)17-19-10-3-2-4-11-19/h2-14,26H,15-17H2,1H3,(H,28,29). The lowest BCUT2D eigenvalue weighted by molar-refractivity contribution is 0.0685. The highest BCUT2D eigenvalue weighted by Gasteiger charge is 2.22. The SMILES string of the molecule is Cc1ccccc1CNCc1c(C(=O)O)n(Cc2ccccc2)c2ccccc12. The van der Waals surface area contributed by atoms with Crippen LogP contribution in [-0.4, -0.2) is 15.6 Å². The van der Waals surface area contributed by atoms with Gasteiger partial charge in [0, 0.05) is 36.1 Å². The molecule has 0 bridgehead atoms. The Hall–Kier alpha value is -3.37. The molecule has 29 heavy (non-hydrogen) atoms. The fourth-order valence-electron chi connectivity index (χ4n) is 3.86. The first kappa shape index (κ1) is 19.0. The normalized spacial score (nSPS) is 11.1. The minimum Gasteiger partial charge on any atom is -0.477 e. The highest BCUT2D eigenvalue weighted by molar-refractivity contribution is 5.98. The van der Waals surface area contributed by atoms with E-state index in [4.69, 9.17) is 0 Å². The Balaban J connectivity index is 1.70. The third kappa shape index (κ3) is 3.93. The fourth-order valence-corrected chi connectivity index (χ4v) is 3.86. The molecule has 0 amide bonds. The minimum atomic E-state index is -0.898. The molecule has 0 spiro atoms. The van der Waals surface area contributed by atoms with Crippen molar-refractivity contribution in [2.45, 2.75) is 26.6 Å². The van der Waals surface area contributed by atoms with Gasteiger partial charge in [0.2, 0.25) is 0 Å². The Labute approximate surface area is 170 Å². The van der Waals surface area contributed by atoms with Gasteiger partial charge in [0.25, 0.3) is 0 Å². The Morgan fingerprint density at radius 1 is 0.897 bits per heavy atom. The van der Waals surface area contributed by atoms with Crippen LogP contribution in [0.25, 0.3) is 10.9 Å². The summed E-state index contributed by atoms with van der Waals surface area (Å²) in [6.07, 6.45) is 0. The van der Waals surface area contributed by atoms with E-state index in [2.05, 4.69) is 24.4 Å². The number of fused-ring (bicyclic) bond motifs is 1. The van der Waals surface area contributed by atoms with E-state index in [1.165, 1.54) is 11.1 Å². The molecule has 0 radical (unpaired) electrons. The van der Waals surface area contributed by atoms with Gasteiger partial charge in [-0.15, -0.1) is 0 Å². The number of carboxylic acid groups (broad SMARTS) is 1. The molecule has 4 nitrogen and oxygen atoms in total. The first-order valence-corrected chi connectivity index (χ1v) is 9.77. The van der Waals surface area contributed by atoms with Crippen molar-refractivity contribution in [3.63, 3.8) is 0 Å². The second-order valence-electron chi connectivity index (χ2n) is 7.25. The summed E-state index contributed by atoms with van der Waals surface area (Å²) < 4.78 is 1.91. The summed E-state index contributed by atoms with van der Waals surface area (Å²) >= 11 is 0. The van der Waals surface area contributed by atoms with Crippen LogP contribution in [0.3, 0.4) is 0 Å². The van der Waals surface area contributed by atoms with Crippen LogP contribution in [-0.2, 0) is 19.6 Å². The van der Waals surface area contributed by atoms with E-state index < -0.39 is 5.97 Å². The Bertz CT molecular complexity index is 1150. The van der Waals surface area contributed by atoms with Crippen molar-refractivity contribution >= 4 is 16.9 Å². The summed E-state index contributed by atoms with van der Waals surface area (Å²) in [5, 5.41) is 14.5. The summed E-state index contributed by atoms with van der Waals surface area (Å²) in [5.41, 5.74) is 5.66. The van der Waals surface area contributed by atoms with Gasteiger partial charge in [0.05, 0.1) is 0 Å². The molecule has 4 heteroatoms. The quantitative estimate of drug-likeness (QED) is 0.472. The molecule has 0 aliphatic carbocycles. The lowest BCUT2D eigenvalue weighted by Crippen LogP contribution is -2.17. The van der Waals surface area contributed by atoms with Crippen molar-refractivity contribution in [3.05, 3.63) is 107 Å². The number of carbonyl (C=O) groups is 1. The van der Waals surface area contributed by atoms with Gasteiger partial charge in [-0.1, -0.05) is 72.8 Å². The molecule has 0 atom stereocenters. The molecule has 1 aromatic heterocycles. The first-order chi connectivity index (χ1) is 14.1. The zero-order chi connectivity index (χ0) is 20.2. The van der Waals surface area contributed by atoms with Crippen LogP contribution >= 0.6 is 0 Å². The van der Waals surface area contributed by atoms with Crippen molar-refractivity contribution in [1.29, 1.82) is 0 Å². The number of hydrogen-bond donors (Lipinski definition) is 2. The van der Waals surface area contributed by atoms with E-state index in [-0.39, 0.29) is 0 Å². The van der Waals surface area contributed by atoms with Crippen LogP contribution in [0.5, 0.6) is 0 Å². The third-order valence-electron chi connectivity index (χ3n) is 5.34. The van der Waals surface area contributed by atoms with Crippen molar-refractivity contribution in [2.24, 2.45) is 0 Å². The van der Waals surface area contributed by atoms with Gasteiger partial charge in [-0.05, 0) is 29.7 Å². The highest BCUT2D eigenvalue weighted by Crippen LogP contribution is 2.27. The third-order valence-corrected chi connectivity index (χ3v) is 5.34. The lowest BCUT2D eigenvalue weighted by atomic mass is 10.1. The van der Waals surface area contributed by atoms with Gasteiger partial charge in [0.1, 0.15) is 5.69 Å². The van der Waals surface area contributed by atoms with E-state index in [9.17, 15) is 9.90 Å². The number of hydrogen-bond acceptors (Lipinski definition) is 2. The number of para-hydroxylation sites is 1. The minimum absolute atomic E-state index is 0.354. The van der Waals surface area contributed by atoms with Gasteiger partial charge in [-0.25, -0.2) is 4.79 Å². The molecule has 0 aliphatic rings. The summed E-state index contributed by atoms with van der Waals surface area (Å²) in [6, 6.07) is 26.1. The summed E-state index contributed by atoms with van der Waals surface area (Å²) in [4.78, 5) is 12.2. The lowest BCUT2D eigenvalue weighted by Gasteiger charge is -2.10. The number of rotatable bonds is 7. The molecule has 2 N–H and O–H groups in total. The zero-order valence-corrected chi connectivity index (χ0v) is 16.4. The summed E-state index contributed by atoms with van der Waals surface area (Å²) in [5.74, 6) is -0.898. The molecular weight excluding hydrogens is 360 g/mol. The number of aryl methyl sites for hydroxylation is 1. The van der Waals surface area contributed by atoms with Gasteiger partial charge >= 0.3 is 5.97 Å². The fraction of sp³-hybridized carbons (Fsp3) is 0.160. The average Bonchev–Trinajstić information content (AvgIpc) is 3.04. The molecule has 0 saturated carbocycles. The van der Waals surface area contributed by atoms with Gasteiger partial charge in [-0.3, -0.25) is 0 Å². The number of carboxylic acids is 1. The smallest absolute Gasteiger partial charge is 0.352 e. The van der Waals surface area contributed by atoms with Crippen LogP contribution in [0, 0.1) is 6.92 Å². The topological polar surface area (TPSA) is 54.3 Å². The maximum atomic E-state index is 12.2. The van der Waals surface area contributed by atoms with E-state index >= 15 is 0 Å². The molecule has 0 unspecified atom stereocenters. The van der Waals surface area contributed by atoms with Gasteiger partial charge in [-0.2, -0.15) is 0 Å². The maximum Gasteiger partial charge on any atom is 0.352 e. The molecule has 0 aliphatic heterocycles. The van der Waals surface area contributed by atoms with Crippen LogP contribution in [0.15, 0.2) is 78.9 Å². The molecule has 4 aromatic rings. The van der Waals surface area contributed by atoms with Crippen molar-refractivity contribution in [2.75, 3.05) is 0 Å².